The van der Waals surface area contributed by atoms with Crippen LogP contribution in [0.25, 0.3) is 0 Å². The van der Waals surface area contributed by atoms with Crippen LogP contribution in [0.5, 0.6) is 5.75 Å². The van der Waals surface area contributed by atoms with Gasteiger partial charge in [-0.3, -0.25) is 4.79 Å². The average molecular weight is 246 g/mol. The van der Waals surface area contributed by atoms with E-state index in [1.54, 1.807) is 0 Å². The molecule has 2 nitrogen and oxygen atoms in total. The average Bonchev–Trinajstić information content (AvgIpc) is 2.89. The maximum atomic E-state index is 12.4. The van der Waals surface area contributed by atoms with Gasteiger partial charge in [0, 0.05) is 0 Å². The molecule has 0 saturated heterocycles. The quantitative estimate of drug-likeness (QED) is 0.594. The Morgan fingerprint density at radius 3 is 2.33 bits per heavy atom. The van der Waals surface area contributed by atoms with Crippen molar-refractivity contribution in [3.8, 4) is 5.75 Å². The standard InChI is InChI=1S/C16H22O2/c1-12-10-16(12,11-15(2,3)4)14(17)18-13-8-6-5-7-9-13/h5-9,12H,10-11H2,1-4H3. The molecule has 1 aliphatic carbocycles. The summed E-state index contributed by atoms with van der Waals surface area (Å²) >= 11 is 0. The summed E-state index contributed by atoms with van der Waals surface area (Å²) in [7, 11) is 0. The third-order valence-electron chi connectivity index (χ3n) is 3.66. The zero-order valence-electron chi connectivity index (χ0n) is 11.7. The van der Waals surface area contributed by atoms with Gasteiger partial charge in [-0.15, -0.1) is 0 Å². The van der Waals surface area contributed by atoms with Crippen molar-refractivity contribution in [3.63, 3.8) is 0 Å². The minimum atomic E-state index is -0.256. The summed E-state index contributed by atoms with van der Waals surface area (Å²) < 4.78 is 5.52. The first-order valence-corrected chi connectivity index (χ1v) is 6.61. The van der Waals surface area contributed by atoms with E-state index in [2.05, 4.69) is 27.7 Å². The lowest BCUT2D eigenvalue weighted by Crippen LogP contribution is -2.28. The topological polar surface area (TPSA) is 26.3 Å². The molecule has 0 spiro atoms. The Balaban J connectivity index is 2.08. The minimum absolute atomic E-state index is 0.0591. The van der Waals surface area contributed by atoms with Crippen molar-refractivity contribution in [3.05, 3.63) is 30.3 Å². The molecule has 0 amide bonds. The number of benzene rings is 1. The van der Waals surface area contributed by atoms with Crippen molar-refractivity contribution in [1.82, 2.24) is 0 Å². The molecule has 1 aliphatic rings. The summed E-state index contributed by atoms with van der Waals surface area (Å²) in [6.45, 7) is 8.67. The van der Waals surface area contributed by atoms with E-state index >= 15 is 0 Å². The minimum Gasteiger partial charge on any atom is -0.426 e. The first-order chi connectivity index (χ1) is 8.33. The summed E-state index contributed by atoms with van der Waals surface area (Å²) in [6.07, 6.45) is 1.85. The maximum absolute atomic E-state index is 12.4. The van der Waals surface area contributed by atoms with Crippen LogP contribution in [-0.4, -0.2) is 5.97 Å². The fourth-order valence-electron chi connectivity index (χ4n) is 2.73. The molecule has 0 radical (unpaired) electrons. The van der Waals surface area contributed by atoms with Crippen molar-refractivity contribution < 1.29 is 9.53 Å². The van der Waals surface area contributed by atoms with Gasteiger partial charge in [0.2, 0.25) is 0 Å². The summed E-state index contributed by atoms with van der Waals surface area (Å²) in [6, 6.07) is 9.35. The number of hydrogen-bond donors (Lipinski definition) is 0. The van der Waals surface area contributed by atoms with E-state index in [-0.39, 0.29) is 16.8 Å². The normalized spacial score (nSPS) is 26.8. The van der Waals surface area contributed by atoms with Crippen molar-refractivity contribution >= 4 is 5.97 Å². The molecule has 0 heterocycles. The molecule has 2 rings (SSSR count). The Labute approximate surface area is 109 Å². The molecular weight excluding hydrogens is 224 g/mol. The van der Waals surface area contributed by atoms with Crippen molar-refractivity contribution in [1.29, 1.82) is 0 Å². The SMILES string of the molecule is CC1CC1(CC(C)(C)C)C(=O)Oc1ccccc1. The van der Waals surface area contributed by atoms with Gasteiger partial charge in [0.1, 0.15) is 5.75 Å². The number of carbonyl (C=O) groups excluding carboxylic acids is 1. The van der Waals surface area contributed by atoms with Crippen LogP contribution in [0.15, 0.2) is 30.3 Å². The summed E-state index contributed by atoms with van der Waals surface area (Å²) in [5.41, 5.74) is -0.103. The Morgan fingerprint density at radius 2 is 1.89 bits per heavy atom. The highest BCUT2D eigenvalue weighted by Gasteiger charge is 2.59. The highest BCUT2D eigenvalue weighted by Crippen LogP contribution is 2.59. The van der Waals surface area contributed by atoms with E-state index < -0.39 is 0 Å². The molecule has 0 N–H and O–H groups in total. The highest BCUT2D eigenvalue weighted by molar-refractivity contribution is 5.82. The molecule has 1 saturated carbocycles. The lowest BCUT2D eigenvalue weighted by molar-refractivity contribution is -0.142. The van der Waals surface area contributed by atoms with E-state index in [4.69, 9.17) is 4.74 Å². The predicted molar refractivity (Wildman–Crippen MR) is 72.4 cm³/mol. The monoisotopic (exact) mass is 246 g/mol. The second-order valence-corrected chi connectivity index (χ2v) is 6.70. The van der Waals surface area contributed by atoms with Gasteiger partial charge in [0.15, 0.2) is 0 Å². The van der Waals surface area contributed by atoms with Crippen LogP contribution >= 0.6 is 0 Å². The molecule has 0 aromatic heterocycles. The summed E-state index contributed by atoms with van der Waals surface area (Å²) in [4.78, 5) is 12.4. The van der Waals surface area contributed by atoms with Crippen LogP contribution in [0.2, 0.25) is 0 Å². The molecule has 1 aromatic carbocycles. The zero-order chi connectivity index (χ0) is 13.4. The summed E-state index contributed by atoms with van der Waals surface area (Å²) in [5.74, 6) is 1.03. The third-order valence-corrected chi connectivity index (χ3v) is 3.66. The highest BCUT2D eigenvalue weighted by atomic mass is 16.5. The van der Waals surface area contributed by atoms with Crippen molar-refractivity contribution in [2.45, 2.75) is 40.5 Å². The number of para-hydroxylation sites is 1. The largest absolute Gasteiger partial charge is 0.426 e. The van der Waals surface area contributed by atoms with E-state index in [9.17, 15) is 4.79 Å². The van der Waals surface area contributed by atoms with E-state index in [1.807, 2.05) is 30.3 Å². The molecule has 2 atom stereocenters. The van der Waals surface area contributed by atoms with Crippen LogP contribution in [0.3, 0.4) is 0 Å². The lowest BCUT2D eigenvalue weighted by atomic mass is 9.81. The van der Waals surface area contributed by atoms with Gasteiger partial charge in [0.05, 0.1) is 5.41 Å². The molecular formula is C16H22O2. The molecule has 0 aliphatic heterocycles. The van der Waals surface area contributed by atoms with Gasteiger partial charge in [-0.1, -0.05) is 45.9 Å². The van der Waals surface area contributed by atoms with Gasteiger partial charge < -0.3 is 4.74 Å². The number of carbonyl (C=O) groups is 1. The van der Waals surface area contributed by atoms with Crippen LogP contribution in [0, 0.1) is 16.7 Å². The predicted octanol–water partition coefficient (Wildman–Crippen LogP) is 4.05. The van der Waals surface area contributed by atoms with Crippen molar-refractivity contribution in [2.75, 3.05) is 0 Å². The van der Waals surface area contributed by atoms with Crippen LogP contribution in [0.1, 0.15) is 40.5 Å². The van der Waals surface area contributed by atoms with E-state index in [1.165, 1.54) is 0 Å². The molecule has 0 bridgehead atoms. The summed E-state index contributed by atoms with van der Waals surface area (Å²) in [5, 5.41) is 0. The molecule has 98 valence electrons. The van der Waals surface area contributed by atoms with Gasteiger partial charge in [-0.05, 0) is 36.3 Å². The van der Waals surface area contributed by atoms with Gasteiger partial charge in [-0.2, -0.15) is 0 Å². The van der Waals surface area contributed by atoms with Gasteiger partial charge in [0.25, 0.3) is 0 Å². The van der Waals surface area contributed by atoms with Crippen LogP contribution < -0.4 is 4.74 Å². The van der Waals surface area contributed by atoms with Gasteiger partial charge in [-0.25, -0.2) is 0 Å². The first-order valence-electron chi connectivity index (χ1n) is 6.61. The molecule has 1 fully saturated rings. The molecule has 2 unspecified atom stereocenters. The first kappa shape index (κ1) is 13.1. The fraction of sp³-hybridized carbons (Fsp3) is 0.562. The number of esters is 1. The number of hydrogen-bond acceptors (Lipinski definition) is 2. The maximum Gasteiger partial charge on any atom is 0.317 e. The second-order valence-electron chi connectivity index (χ2n) is 6.70. The number of rotatable bonds is 3. The Morgan fingerprint density at radius 1 is 1.33 bits per heavy atom. The van der Waals surface area contributed by atoms with E-state index in [0.29, 0.717) is 11.7 Å². The Hall–Kier alpha value is -1.31. The van der Waals surface area contributed by atoms with Gasteiger partial charge >= 0.3 is 5.97 Å². The lowest BCUT2D eigenvalue weighted by Gasteiger charge is -2.25. The fourth-order valence-corrected chi connectivity index (χ4v) is 2.73. The second kappa shape index (κ2) is 4.42. The van der Waals surface area contributed by atoms with Crippen molar-refractivity contribution in [2.24, 2.45) is 16.7 Å². The smallest absolute Gasteiger partial charge is 0.317 e. The molecule has 2 heteroatoms. The van der Waals surface area contributed by atoms with E-state index in [0.717, 1.165) is 12.8 Å². The Kier molecular flexibility index (Phi) is 3.22. The molecule has 18 heavy (non-hydrogen) atoms. The van der Waals surface area contributed by atoms with Crippen LogP contribution in [0.4, 0.5) is 0 Å². The third kappa shape index (κ3) is 2.74. The zero-order valence-corrected chi connectivity index (χ0v) is 11.7. The number of ether oxygens (including phenoxy) is 1. The Bertz CT molecular complexity index is 430. The molecule has 1 aromatic rings. The van der Waals surface area contributed by atoms with Crippen LogP contribution in [-0.2, 0) is 4.79 Å².